The summed E-state index contributed by atoms with van der Waals surface area (Å²) in [5.41, 5.74) is -3.31. The van der Waals surface area contributed by atoms with E-state index in [1.54, 1.807) is 12.2 Å². The predicted octanol–water partition coefficient (Wildman–Crippen LogP) is 3.74. The average Bonchev–Trinajstić information content (AvgIpc) is 3.15. The Morgan fingerprint density at radius 1 is 1.36 bits per heavy atom. The van der Waals surface area contributed by atoms with Crippen LogP contribution in [0.25, 0.3) is 0 Å². The van der Waals surface area contributed by atoms with E-state index < -0.39 is 36.0 Å². The Hall–Kier alpha value is -2.09. The molecule has 4 nitrogen and oxygen atoms in total. The number of alkyl halides is 3. The maximum atomic E-state index is 13.6. The summed E-state index contributed by atoms with van der Waals surface area (Å²) in [5, 5.41) is 5.72. The Bertz CT molecular complexity index is 743. The zero-order chi connectivity index (χ0) is 18.2. The summed E-state index contributed by atoms with van der Waals surface area (Å²) in [7, 11) is 0. The van der Waals surface area contributed by atoms with Gasteiger partial charge < -0.3 is 10.2 Å². The molecule has 0 radical (unpaired) electrons. The van der Waals surface area contributed by atoms with E-state index in [9.17, 15) is 22.4 Å². The standard InChI is InChI=1S/C16H13ClF4N2O2/c17-10-5-9(6-11(18)7-10)13-8-15(25-23-13,16(19,20)21)14(24)22-12-3-1-2-4-12/h1,3,5-7,12H,2,4,8H2,(H,22,24)/t12-,15?/m0/s1. The smallest absolute Gasteiger partial charge is 0.369 e. The van der Waals surface area contributed by atoms with Gasteiger partial charge >= 0.3 is 11.8 Å². The van der Waals surface area contributed by atoms with Gasteiger partial charge in [0.1, 0.15) is 5.82 Å². The number of nitrogens with zero attached hydrogens (tertiary/aromatic N) is 1. The molecule has 3 rings (SSSR count). The molecule has 0 saturated heterocycles. The van der Waals surface area contributed by atoms with Gasteiger partial charge in [-0.1, -0.05) is 28.9 Å². The number of benzene rings is 1. The number of hydrogen-bond donors (Lipinski definition) is 1. The van der Waals surface area contributed by atoms with Gasteiger partial charge in [-0.25, -0.2) is 4.39 Å². The van der Waals surface area contributed by atoms with E-state index in [2.05, 4.69) is 15.3 Å². The minimum Gasteiger partial charge on any atom is -0.369 e. The highest BCUT2D eigenvalue weighted by Gasteiger charge is 2.66. The van der Waals surface area contributed by atoms with Crippen LogP contribution in [0.1, 0.15) is 24.8 Å². The minimum atomic E-state index is -5.00. The lowest BCUT2D eigenvalue weighted by atomic mass is 9.92. The van der Waals surface area contributed by atoms with Crippen LogP contribution in [0.3, 0.4) is 0 Å². The second-order valence-electron chi connectivity index (χ2n) is 5.87. The number of amides is 1. The third-order valence-electron chi connectivity index (χ3n) is 4.08. The highest BCUT2D eigenvalue weighted by atomic mass is 35.5. The SMILES string of the molecule is O=C(N[C@H]1C=CCC1)C1(C(F)(F)F)CC(c2cc(F)cc(Cl)c2)=NO1. The largest absolute Gasteiger partial charge is 0.440 e. The molecular weight excluding hydrogens is 364 g/mol. The fraction of sp³-hybridized carbons (Fsp3) is 0.375. The van der Waals surface area contributed by atoms with Crippen molar-refractivity contribution in [2.45, 2.75) is 37.1 Å². The van der Waals surface area contributed by atoms with Crippen molar-refractivity contribution < 1.29 is 27.2 Å². The average molecular weight is 377 g/mol. The Morgan fingerprint density at radius 3 is 2.72 bits per heavy atom. The second-order valence-corrected chi connectivity index (χ2v) is 6.31. The van der Waals surface area contributed by atoms with E-state index >= 15 is 0 Å². The number of nitrogens with one attached hydrogen (secondary N) is 1. The number of allylic oxidation sites excluding steroid dienone is 1. The lowest BCUT2D eigenvalue weighted by molar-refractivity contribution is -0.259. The summed E-state index contributed by atoms with van der Waals surface area (Å²) in [6, 6.07) is 2.77. The van der Waals surface area contributed by atoms with Gasteiger partial charge in [0.05, 0.1) is 12.1 Å². The molecule has 1 aromatic rings. The second kappa shape index (κ2) is 6.33. The lowest BCUT2D eigenvalue weighted by Gasteiger charge is -2.28. The molecule has 25 heavy (non-hydrogen) atoms. The van der Waals surface area contributed by atoms with Gasteiger partial charge in [0.25, 0.3) is 5.91 Å². The molecule has 1 N–H and O–H groups in total. The van der Waals surface area contributed by atoms with Crippen LogP contribution < -0.4 is 5.32 Å². The van der Waals surface area contributed by atoms with Crippen molar-refractivity contribution in [2.75, 3.05) is 0 Å². The van der Waals surface area contributed by atoms with E-state index in [0.29, 0.717) is 12.8 Å². The summed E-state index contributed by atoms with van der Waals surface area (Å²) in [4.78, 5) is 16.9. The maximum absolute atomic E-state index is 13.6. The van der Waals surface area contributed by atoms with E-state index in [-0.39, 0.29) is 16.3 Å². The van der Waals surface area contributed by atoms with E-state index in [1.807, 2.05) is 0 Å². The molecule has 2 atom stereocenters. The van der Waals surface area contributed by atoms with Crippen LogP contribution in [0.15, 0.2) is 35.5 Å². The van der Waals surface area contributed by atoms with Crippen LogP contribution in [-0.4, -0.2) is 29.4 Å². The van der Waals surface area contributed by atoms with Gasteiger partial charge in [0, 0.05) is 16.6 Å². The van der Waals surface area contributed by atoms with Crippen molar-refractivity contribution in [1.29, 1.82) is 0 Å². The highest BCUT2D eigenvalue weighted by molar-refractivity contribution is 6.31. The summed E-state index contributed by atoms with van der Waals surface area (Å²) in [5.74, 6) is -2.05. The normalized spacial score (nSPS) is 25.6. The third-order valence-corrected chi connectivity index (χ3v) is 4.30. The van der Waals surface area contributed by atoms with Gasteiger partial charge in [-0.05, 0) is 31.0 Å². The van der Waals surface area contributed by atoms with E-state index in [4.69, 9.17) is 11.6 Å². The molecule has 1 aromatic carbocycles. The van der Waals surface area contributed by atoms with Gasteiger partial charge in [-0.2, -0.15) is 13.2 Å². The maximum Gasteiger partial charge on any atom is 0.440 e. The first-order valence-corrected chi connectivity index (χ1v) is 7.85. The first-order valence-electron chi connectivity index (χ1n) is 7.47. The molecule has 1 heterocycles. The molecular formula is C16H13ClF4N2O2. The summed E-state index contributed by atoms with van der Waals surface area (Å²) in [6.07, 6.45) is -1.26. The Morgan fingerprint density at radius 2 is 2.12 bits per heavy atom. The molecule has 2 aliphatic rings. The summed E-state index contributed by atoms with van der Waals surface area (Å²) < 4.78 is 54.3. The van der Waals surface area contributed by atoms with Crippen LogP contribution in [-0.2, 0) is 9.63 Å². The Kier molecular flexibility index (Phi) is 4.49. The van der Waals surface area contributed by atoms with E-state index in [0.717, 1.165) is 12.1 Å². The van der Waals surface area contributed by atoms with Crippen LogP contribution >= 0.6 is 11.6 Å². The molecule has 0 saturated carbocycles. The number of halogens is 5. The fourth-order valence-corrected chi connectivity index (χ4v) is 2.97. The monoisotopic (exact) mass is 376 g/mol. The molecule has 1 unspecified atom stereocenters. The fourth-order valence-electron chi connectivity index (χ4n) is 2.75. The number of carbonyl (C=O) groups excluding carboxylic acids is 1. The molecule has 1 amide bonds. The Balaban J connectivity index is 1.86. The van der Waals surface area contributed by atoms with Gasteiger partial charge in [0.15, 0.2) is 0 Å². The lowest BCUT2D eigenvalue weighted by Crippen LogP contribution is -2.58. The first-order chi connectivity index (χ1) is 11.7. The van der Waals surface area contributed by atoms with Gasteiger partial charge in [0.2, 0.25) is 0 Å². The number of carbonyl (C=O) groups is 1. The van der Waals surface area contributed by atoms with Crippen LogP contribution in [0.2, 0.25) is 5.02 Å². The van der Waals surface area contributed by atoms with E-state index in [1.165, 1.54) is 6.07 Å². The molecule has 1 aliphatic carbocycles. The predicted molar refractivity (Wildman–Crippen MR) is 82.7 cm³/mol. The van der Waals surface area contributed by atoms with Crippen molar-refractivity contribution >= 4 is 23.2 Å². The third kappa shape index (κ3) is 3.35. The summed E-state index contributed by atoms with van der Waals surface area (Å²) in [6.45, 7) is 0. The zero-order valence-electron chi connectivity index (χ0n) is 12.7. The molecule has 0 fully saturated rings. The molecule has 9 heteroatoms. The van der Waals surface area contributed by atoms with Gasteiger partial charge in [-0.15, -0.1) is 0 Å². The van der Waals surface area contributed by atoms with Crippen LogP contribution in [0.5, 0.6) is 0 Å². The van der Waals surface area contributed by atoms with Gasteiger partial charge in [-0.3, -0.25) is 4.79 Å². The number of rotatable bonds is 3. The van der Waals surface area contributed by atoms with Crippen molar-refractivity contribution in [3.8, 4) is 0 Å². The number of hydrogen-bond acceptors (Lipinski definition) is 3. The highest BCUT2D eigenvalue weighted by Crippen LogP contribution is 2.42. The van der Waals surface area contributed by atoms with Crippen molar-refractivity contribution in [3.63, 3.8) is 0 Å². The van der Waals surface area contributed by atoms with Crippen LogP contribution in [0.4, 0.5) is 17.6 Å². The quantitative estimate of drug-likeness (QED) is 0.645. The van der Waals surface area contributed by atoms with Crippen molar-refractivity contribution in [2.24, 2.45) is 5.16 Å². The van der Waals surface area contributed by atoms with Crippen LogP contribution in [0, 0.1) is 5.82 Å². The molecule has 1 aliphatic heterocycles. The van der Waals surface area contributed by atoms with Crippen molar-refractivity contribution in [1.82, 2.24) is 5.32 Å². The molecule has 0 spiro atoms. The molecule has 134 valence electrons. The Labute approximate surface area is 145 Å². The number of oxime groups is 1. The zero-order valence-corrected chi connectivity index (χ0v) is 13.5. The topological polar surface area (TPSA) is 50.7 Å². The van der Waals surface area contributed by atoms with Crippen molar-refractivity contribution in [3.05, 3.63) is 46.8 Å². The molecule has 0 bridgehead atoms. The minimum absolute atomic E-state index is 0.00255. The molecule has 0 aromatic heterocycles. The first kappa shape index (κ1) is 17.7. The summed E-state index contributed by atoms with van der Waals surface area (Å²) >= 11 is 5.72.